The summed E-state index contributed by atoms with van der Waals surface area (Å²) in [4.78, 5) is 15.0. The molecule has 4 rings (SSSR count). The number of aryl methyl sites for hydroxylation is 2. The number of thioether (sulfide) groups is 1. The van der Waals surface area contributed by atoms with Crippen LogP contribution in [0.5, 0.6) is 0 Å². The molecule has 1 unspecified atom stereocenters. The molecule has 3 aromatic rings. The summed E-state index contributed by atoms with van der Waals surface area (Å²) < 4.78 is 2.01. The molecule has 0 spiro atoms. The first-order valence-corrected chi connectivity index (χ1v) is 9.97. The Labute approximate surface area is 163 Å². The molecule has 5 nitrogen and oxygen atoms in total. The first kappa shape index (κ1) is 17.8. The maximum absolute atomic E-state index is 13.1. The van der Waals surface area contributed by atoms with Crippen molar-refractivity contribution in [3.63, 3.8) is 0 Å². The fraction of sp³-hybridized carbons (Fsp3) is 0.286. The van der Waals surface area contributed by atoms with E-state index in [9.17, 15) is 4.79 Å². The SMILES string of the molecule is Cc1cccc(-n2c(C)nnc2SC(C)C(=O)N2CCc3ccccc32)c1. The lowest BCUT2D eigenvalue weighted by molar-refractivity contribution is -0.117. The van der Waals surface area contributed by atoms with Crippen LogP contribution in [0.2, 0.25) is 0 Å². The van der Waals surface area contributed by atoms with Crippen LogP contribution in [0.3, 0.4) is 0 Å². The van der Waals surface area contributed by atoms with Crippen molar-refractivity contribution < 1.29 is 4.79 Å². The number of carbonyl (C=O) groups is 1. The number of hydrogen-bond acceptors (Lipinski definition) is 4. The summed E-state index contributed by atoms with van der Waals surface area (Å²) in [6.45, 7) is 6.68. The zero-order chi connectivity index (χ0) is 19.0. The van der Waals surface area contributed by atoms with Gasteiger partial charge >= 0.3 is 0 Å². The molecule has 0 saturated heterocycles. The minimum Gasteiger partial charge on any atom is -0.311 e. The molecule has 0 saturated carbocycles. The molecular weight excluding hydrogens is 356 g/mol. The second-order valence-electron chi connectivity index (χ2n) is 6.83. The molecule has 0 bridgehead atoms. The molecule has 1 aliphatic rings. The number of fused-ring (bicyclic) bond motifs is 1. The van der Waals surface area contributed by atoms with E-state index in [1.165, 1.54) is 22.9 Å². The van der Waals surface area contributed by atoms with Crippen molar-refractivity contribution in [2.75, 3.05) is 11.4 Å². The number of carbonyl (C=O) groups excluding carboxylic acids is 1. The maximum atomic E-state index is 13.1. The zero-order valence-electron chi connectivity index (χ0n) is 15.7. The van der Waals surface area contributed by atoms with E-state index in [1.54, 1.807) is 0 Å². The Balaban J connectivity index is 1.58. The second kappa shape index (κ2) is 7.19. The van der Waals surface area contributed by atoms with Crippen molar-refractivity contribution in [2.24, 2.45) is 0 Å². The summed E-state index contributed by atoms with van der Waals surface area (Å²) in [5.41, 5.74) is 4.47. The highest BCUT2D eigenvalue weighted by atomic mass is 32.2. The first-order chi connectivity index (χ1) is 13.0. The summed E-state index contributed by atoms with van der Waals surface area (Å²) >= 11 is 1.46. The maximum Gasteiger partial charge on any atom is 0.240 e. The van der Waals surface area contributed by atoms with Crippen LogP contribution < -0.4 is 4.90 Å². The van der Waals surface area contributed by atoms with Gasteiger partial charge in [-0.3, -0.25) is 9.36 Å². The average Bonchev–Trinajstić information content (AvgIpc) is 3.24. The van der Waals surface area contributed by atoms with Gasteiger partial charge in [0.25, 0.3) is 0 Å². The van der Waals surface area contributed by atoms with Crippen LogP contribution in [0, 0.1) is 13.8 Å². The van der Waals surface area contributed by atoms with Gasteiger partial charge in [0.1, 0.15) is 5.82 Å². The Morgan fingerprint density at radius 2 is 1.93 bits per heavy atom. The molecule has 0 fully saturated rings. The second-order valence-corrected chi connectivity index (χ2v) is 8.14. The van der Waals surface area contributed by atoms with Gasteiger partial charge in [0, 0.05) is 17.9 Å². The number of rotatable bonds is 4. The van der Waals surface area contributed by atoms with E-state index in [-0.39, 0.29) is 11.2 Å². The van der Waals surface area contributed by atoms with Crippen LogP contribution in [-0.2, 0) is 11.2 Å². The van der Waals surface area contributed by atoms with Crippen molar-refractivity contribution >= 4 is 23.4 Å². The van der Waals surface area contributed by atoms with Gasteiger partial charge in [-0.25, -0.2) is 0 Å². The van der Waals surface area contributed by atoms with Gasteiger partial charge in [0.05, 0.1) is 5.25 Å². The molecule has 0 N–H and O–H groups in total. The van der Waals surface area contributed by atoms with Gasteiger partial charge in [0.15, 0.2) is 5.16 Å². The number of hydrogen-bond donors (Lipinski definition) is 0. The van der Waals surface area contributed by atoms with Crippen LogP contribution in [0.15, 0.2) is 53.7 Å². The number of amides is 1. The largest absolute Gasteiger partial charge is 0.311 e. The van der Waals surface area contributed by atoms with Crippen molar-refractivity contribution in [1.29, 1.82) is 0 Å². The zero-order valence-corrected chi connectivity index (χ0v) is 16.5. The standard InChI is InChI=1S/C21H22N4OS/c1-14-7-6-9-18(13-14)25-16(3)22-23-21(25)27-15(2)20(26)24-12-11-17-8-4-5-10-19(17)24/h4-10,13,15H,11-12H2,1-3H3. The van der Waals surface area contributed by atoms with Crippen LogP contribution in [0.1, 0.15) is 23.9 Å². The van der Waals surface area contributed by atoms with Crippen LogP contribution >= 0.6 is 11.8 Å². The van der Waals surface area contributed by atoms with Gasteiger partial charge in [-0.2, -0.15) is 0 Å². The summed E-state index contributed by atoms with van der Waals surface area (Å²) in [7, 11) is 0. The van der Waals surface area contributed by atoms with E-state index < -0.39 is 0 Å². The molecule has 6 heteroatoms. The van der Waals surface area contributed by atoms with Gasteiger partial charge in [-0.15, -0.1) is 10.2 Å². The topological polar surface area (TPSA) is 51.0 Å². The number of anilines is 1. The third-order valence-corrected chi connectivity index (χ3v) is 5.87. The third-order valence-electron chi connectivity index (χ3n) is 4.84. The minimum atomic E-state index is -0.247. The quantitative estimate of drug-likeness (QED) is 0.645. The molecule has 1 atom stereocenters. The molecule has 0 radical (unpaired) electrons. The van der Waals surface area contributed by atoms with Crippen molar-refractivity contribution in [3.05, 3.63) is 65.5 Å². The molecule has 138 valence electrons. The van der Waals surface area contributed by atoms with E-state index >= 15 is 0 Å². The number of benzene rings is 2. The van der Waals surface area contributed by atoms with E-state index in [1.807, 2.05) is 53.6 Å². The molecule has 2 aromatic carbocycles. The molecule has 2 heterocycles. The van der Waals surface area contributed by atoms with Gasteiger partial charge in [-0.05, 0) is 56.5 Å². The molecular formula is C21H22N4OS. The van der Waals surface area contributed by atoms with Crippen LogP contribution in [0.25, 0.3) is 5.69 Å². The van der Waals surface area contributed by atoms with E-state index in [0.29, 0.717) is 0 Å². The highest BCUT2D eigenvalue weighted by Crippen LogP contribution is 2.32. The van der Waals surface area contributed by atoms with Crippen molar-refractivity contribution in [1.82, 2.24) is 14.8 Å². The Kier molecular flexibility index (Phi) is 4.74. The summed E-state index contributed by atoms with van der Waals surface area (Å²) in [6.07, 6.45) is 0.915. The first-order valence-electron chi connectivity index (χ1n) is 9.09. The number of aromatic nitrogens is 3. The van der Waals surface area contributed by atoms with Gasteiger partial charge in [0.2, 0.25) is 5.91 Å². The summed E-state index contributed by atoms with van der Waals surface area (Å²) in [6, 6.07) is 16.4. The summed E-state index contributed by atoms with van der Waals surface area (Å²) in [5, 5.41) is 9.05. The lowest BCUT2D eigenvalue weighted by Gasteiger charge is -2.21. The van der Waals surface area contributed by atoms with Gasteiger partial charge < -0.3 is 4.90 Å². The normalized spacial score (nSPS) is 14.3. The molecule has 1 amide bonds. The number of para-hydroxylation sites is 1. The van der Waals surface area contributed by atoms with E-state index in [2.05, 4.69) is 35.3 Å². The number of nitrogens with zero attached hydrogens (tertiary/aromatic N) is 4. The summed E-state index contributed by atoms with van der Waals surface area (Å²) in [5.74, 6) is 0.927. The Morgan fingerprint density at radius 3 is 2.74 bits per heavy atom. The lowest BCUT2D eigenvalue weighted by atomic mass is 10.2. The molecule has 1 aliphatic heterocycles. The highest BCUT2D eigenvalue weighted by Gasteiger charge is 2.29. The van der Waals surface area contributed by atoms with Crippen molar-refractivity contribution in [2.45, 2.75) is 37.6 Å². The Bertz CT molecular complexity index is 997. The van der Waals surface area contributed by atoms with Gasteiger partial charge in [-0.1, -0.05) is 42.1 Å². The van der Waals surface area contributed by atoms with Crippen molar-refractivity contribution in [3.8, 4) is 5.69 Å². The Hall–Kier alpha value is -2.60. The third kappa shape index (κ3) is 3.37. The fourth-order valence-corrected chi connectivity index (χ4v) is 4.45. The fourth-order valence-electron chi connectivity index (χ4n) is 3.48. The minimum absolute atomic E-state index is 0.112. The molecule has 0 aliphatic carbocycles. The monoisotopic (exact) mass is 378 g/mol. The van der Waals surface area contributed by atoms with E-state index in [0.717, 1.165) is 35.3 Å². The predicted octanol–water partition coefficient (Wildman–Crippen LogP) is 3.95. The molecule has 27 heavy (non-hydrogen) atoms. The van der Waals surface area contributed by atoms with E-state index in [4.69, 9.17) is 0 Å². The van der Waals surface area contributed by atoms with Crippen LogP contribution in [0.4, 0.5) is 5.69 Å². The lowest BCUT2D eigenvalue weighted by Crippen LogP contribution is -2.35. The Morgan fingerprint density at radius 1 is 1.11 bits per heavy atom. The average molecular weight is 379 g/mol. The highest BCUT2D eigenvalue weighted by molar-refractivity contribution is 8.00. The molecule has 1 aromatic heterocycles. The predicted molar refractivity (Wildman–Crippen MR) is 109 cm³/mol. The smallest absolute Gasteiger partial charge is 0.240 e. The van der Waals surface area contributed by atoms with Crippen LogP contribution in [-0.4, -0.2) is 32.5 Å².